The molecule has 8 nitrogen and oxygen atoms in total. The number of hydrogen-bond acceptors (Lipinski definition) is 6. The first-order valence-corrected chi connectivity index (χ1v) is 7.99. The minimum atomic E-state index is -1.40. The number of nitrogens with zero attached hydrogens (tertiary/aromatic N) is 3. The number of nitrogens with two attached hydrogens (primary N) is 1. The van der Waals surface area contributed by atoms with Gasteiger partial charge in [0.1, 0.15) is 17.6 Å². The number of carboxylic acids is 1. The highest BCUT2D eigenvalue weighted by Gasteiger charge is 2.24. The summed E-state index contributed by atoms with van der Waals surface area (Å²) in [5.41, 5.74) is 5.32. The molecule has 1 aliphatic heterocycles. The first-order valence-electron chi connectivity index (χ1n) is 7.99. The minimum absolute atomic E-state index is 0. The number of pyridine rings is 1. The first-order chi connectivity index (χ1) is 12.5. The maximum Gasteiger partial charge on any atom is 0.341 e. The molecule has 0 aliphatic carbocycles. The highest BCUT2D eigenvalue weighted by molar-refractivity contribution is 5.94. The van der Waals surface area contributed by atoms with Crippen LogP contribution in [-0.4, -0.2) is 39.9 Å². The van der Waals surface area contributed by atoms with Crippen LogP contribution in [0.1, 0.15) is 16.8 Å². The van der Waals surface area contributed by atoms with E-state index >= 15 is 0 Å². The van der Waals surface area contributed by atoms with E-state index in [9.17, 15) is 19.1 Å². The van der Waals surface area contributed by atoms with Crippen molar-refractivity contribution < 1.29 is 18.8 Å². The first kappa shape index (κ1) is 18.9. The van der Waals surface area contributed by atoms with Crippen LogP contribution in [0.3, 0.4) is 0 Å². The van der Waals surface area contributed by atoms with Crippen molar-refractivity contribution in [1.29, 1.82) is 0 Å². The van der Waals surface area contributed by atoms with Gasteiger partial charge in [-0.3, -0.25) is 9.36 Å². The van der Waals surface area contributed by atoms with Crippen molar-refractivity contribution in [3.63, 3.8) is 0 Å². The summed E-state index contributed by atoms with van der Waals surface area (Å²) < 4.78 is 20.9. The minimum Gasteiger partial charge on any atom is -0.477 e. The molecule has 1 aliphatic rings. The summed E-state index contributed by atoms with van der Waals surface area (Å²) in [7, 11) is 0. The van der Waals surface area contributed by atoms with Gasteiger partial charge < -0.3 is 20.3 Å². The average Bonchev–Trinajstić information content (AvgIpc) is 3.26. The smallest absolute Gasteiger partial charge is 0.341 e. The molecule has 0 saturated carbocycles. The van der Waals surface area contributed by atoms with Crippen LogP contribution in [0, 0.1) is 5.82 Å². The van der Waals surface area contributed by atoms with Gasteiger partial charge in [0.05, 0.1) is 16.6 Å². The summed E-state index contributed by atoms with van der Waals surface area (Å²) >= 11 is 0. The number of halogens is 2. The third-order valence-electron chi connectivity index (χ3n) is 4.54. The van der Waals surface area contributed by atoms with Crippen LogP contribution in [0.25, 0.3) is 16.7 Å². The topological polar surface area (TPSA) is 115 Å². The lowest BCUT2D eigenvalue weighted by Gasteiger charge is -2.20. The van der Waals surface area contributed by atoms with E-state index in [-0.39, 0.29) is 29.7 Å². The molecule has 2 aromatic heterocycles. The van der Waals surface area contributed by atoms with Crippen LogP contribution < -0.4 is 16.1 Å². The molecule has 3 aromatic rings. The Bertz CT molecular complexity index is 1070. The molecule has 3 N–H and O–H groups in total. The van der Waals surface area contributed by atoms with E-state index in [1.807, 2.05) is 4.90 Å². The van der Waals surface area contributed by atoms with Crippen LogP contribution in [0.5, 0.6) is 0 Å². The Labute approximate surface area is 158 Å². The number of anilines is 1. The normalized spacial score (nSPS) is 16.5. The maximum absolute atomic E-state index is 14.7. The highest BCUT2D eigenvalue weighted by atomic mass is 35.5. The van der Waals surface area contributed by atoms with E-state index in [4.69, 9.17) is 10.3 Å². The number of aromatic carboxylic acids is 1. The summed E-state index contributed by atoms with van der Waals surface area (Å²) in [6.45, 7) is 1.11. The van der Waals surface area contributed by atoms with Gasteiger partial charge in [-0.1, -0.05) is 5.16 Å². The molecule has 1 fully saturated rings. The molecule has 0 amide bonds. The molecule has 0 unspecified atom stereocenters. The average molecular weight is 395 g/mol. The quantitative estimate of drug-likeness (QED) is 0.695. The fourth-order valence-electron chi connectivity index (χ4n) is 3.26. The zero-order valence-electron chi connectivity index (χ0n) is 14.0. The van der Waals surface area contributed by atoms with Gasteiger partial charge in [-0.05, 0) is 18.6 Å². The Morgan fingerprint density at radius 3 is 2.78 bits per heavy atom. The number of rotatable bonds is 3. The third-order valence-corrected chi connectivity index (χ3v) is 4.54. The van der Waals surface area contributed by atoms with Gasteiger partial charge in [0.2, 0.25) is 5.43 Å². The maximum atomic E-state index is 14.7. The van der Waals surface area contributed by atoms with Crippen molar-refractivity contribution >= 4 is 35.0 Å². The fourth-order valence-corrected chi connectivity index (χ4v) is 3.26. The number of carboxylic acid groups (broad SMARTS) is 1. The van der Waals surface area contributed by atoms with Gasteiger partial charge >= 0.3 is 5.97 Å². The van der Waals surface area contributed by atoms with Crippen molar-refractivity contribution in [2.75, 3.05) is 18.0 Å². The Morgan fingerprint density at radius 2 is 2.19 bits per heavy atom. The summed E-state index contributed by atoms with van der Waals surface area (Å²) in [5, 5.41) is 13.0. The molecular weight excluding hydrogens is 379 g/mol. The van der Waals surface area contributed by atoms with Crippen molar-refractivity contribution in [2.45, 2.75) is 12.5 Å². The summed E-state index contributed by atoms with van der Waals surface area (Å²) in [5.74, 6) is -1.71. The predicted octanol–water partition coefficient (Wildman–Crippen LogP) is 1.78. The molecule has 1 saturated heterocycles. The van der Waals surface area contributed by atoms with Crippen LogP contribution in [0.2, 0.25) is 0 Å². The van der Waals surface area contributed by atoms with Crippen molar-refractivity contribution in [2.24, 2.45) is 5.73 Å². The number of carbonyl (C=O) groups is 1. The van der Waals surface area contributed by atoms with E-state index in [0.29, 0.717) is 24.3 Å². The molecule has 1 aromatic carbocycles. The zero-order valence-corrected chi connectivity index (χ0v) is 14.8. The van der Waals surface area contributed by atoms with E-state index in [2.05, 4.69) is 5.16 Å². The van der Waals surface area contributed by atoms with Crippen LogP contribution >= 0.6 is 12.4 Å². The summed E-state index contributed by atoms with van der Waals surface area (Å²) in [6.07, 6.45) is 3.23. The molecule has 0 bridgehead atoms. The standard InChI is InChI=1S/C17H15FN4O4.ClH/c18-12-5-10-13(6-14(12)21-3-1-9(19)7-21)22(15-2-4-26-20-15)8-11(16(10)23)17(24)25;/h2,4-6,8-9H,1,3,7,19H2,(H,24,25);1H/t9-;/m0./s1. The van der Waals surface area contributed by atoms with Gasteiger partial charge in [-0.2, -0.15) is 0 Å². The molecule has 142 valence electrons. The van der Waals surface area contributed by atoms with E-state index in [0.717, 1.165) is 12.5 Å². The molecule has 0 spiro atoms. The van der Waals surface area contributed by atoms with Gasteiger partial charge in [-0.15, -0.1) is 12.4 Å². The van der Waals surface area contributed by atoms with Gasteiger partial charge in [0.15, 0.2) is 5.82 Å². The van der Waals surface area contributed by atoms with Gasteiger partial charge in [0.25, 0.3) is 0 Å². The largest absolute Gasteiger partial charge is 0.477 e. The summed E-state index contributed by atoms with van der Waals surface area (Å²) in [4.78, 5) is 25.7. The second-order valence-electron chi connectivity index (χ2n) is 6.22. The van der Waals surface area contributed by atoms with Crippen molar-refractivity contribution in [3.05, 3.63) is 52.3 Å². The van der Waals surface area contributed by atoms with Crippen LogP contribution in [-0.2, 0) is 0 Å². The molecule has 4 rings (SSSR count). The lowest BCUT2D eigenvalue weighted by atomic mass is 10.1. The molecule has 1 atom stereocenters. The van der Waals surface area contributed by atoms with E-state index in [1.165, 1.54) is 29.2 Å². The monoisotopic (exact) mass is 394 g/mol. The van der Waals surface area contributed by atoms with Gasteiger partial charge in [0, 0.05) is 31.4 Å². The van der Waals surface area contributed by atoms with Crippen LogP contribution in [0.15, 0.2) is 40.0 Å². The second-order valence-corrected chi connectivity index (χ2v) is 6.22. The molecular formula is C17H16ClFN4O4. The van der Waals surface area contributed by atoms with Crippen molar-refractivity contribution in [3.8, 4) is 5.82 Å². The lowest BCUT2D eigenvalue weighted by molar-refractivity contribution is 0.0695. The number of benzene rings is 1. The van der Waals surface area contributed by atoms with Gasteiger partial charge in [-0.25, -0.2) is 9.18 Å². The predicted molar refractivity (Wildman–Crippen MR) is 98.6 cm³/mol. The Kier molecular flexibility index (Phi) is 4.90. The van der Waals surface area contributed by atoms with E-state index in [1.54, 1.807) is 0 Å². The Balaban J connectivity index is 0.00000210. The SMILES string of the molecule is Cl.N[C@H]1CCN(c2cc3c(cc2F)c(=O)c(C(=O)O)cn3-c2ccon2)C1. The van der Waals surface area contributed by atoms with E-state index < -0.39 is 22.8 Å². The molecule has 10 heteroatoms. The lowest BCUT2D eigenvalue weighted by Crippen LogP contribution is -2.27. The number of aromatic nitrogens is 2. The highest BCUT2D eigenvalue weighted by Crippen LogP contribution is 2.28. The molecule has 27 heavy (non-hydrogen) atoms. The fraction of sp³-hybridized carbons (Fsp3) is 0.235. The Morgan fingerprint density at radius 1 is 1.41 bits per heavy atom. The zero-order chi connectivity index (χ0) is 18.4. The second kappa shape index (κ2) is 7.01. The molecule has 3 heterocycles. The van der Waals surface area contributed by atoms with Crippen molar-refractivity contribution in [1.82, 2.24) is 9.72 Å². The Hall–Kier alpha value is -2.91. The number of hydrogen-bond donors (Lipinski definition) is 2. The number of fused-ring (bicyclic) bond motifs is 1. The van der Waals surface area contributed by atoms with Crippen LogP contribution in [0.4, 0.5) is 10.1 Å². The molecule has 0 radical (unpaired) electrons. The summed E-state index contributed by atoms with van der Waals surface area (Å²) in [6, 6.07) is 4.06. The third kappa shape index (κ3) is 3.15.